The van der Waals surface area contributed by atoms with E-state index in [1.807, 2.05) is 6.07 Å². The number of aliphatic carboxylic acids is 1. The van der Waals surface area contributed by atoms with E-state index in [4.69, 9.17) is 5.11 Å². The monoisotopic (exact) mass is 298 g/mol. The van der Waals surface area contributed by atoms with E-state index in [0.29, 0.717) is 19.4 Å². The Morgan fingerprint density at radius 1 is 1.59 bits per heavy atom. The Bertz CT molecular complexity index is 464. The van der Waals surface area contributed by atoms with E-state index >= 15 is 0 Å². The van der Waals surface area contributed by atoms with Gasteiger partial charge in [0.25, 0.3) is 0 Å². The zero-order valence-corrected chi connectivity index (χ0v) is 10.6. The molecule has 1 amide bonds. The van der Waals surface area contributed by atoms with Crippen LogP contribution in [0.4, 0.5) is 0 Å². The number of halogens is 1. The van der Waals surface area contributed by atoms with Gasteiger partial charge >= 0.3 is 5.97 Å². The quantitative estimate of drug-likeness (QED) is 0.916. The summed E-state index contributed by atoms with van der Waals surface area (Å²) < 4.78 is 0.813. The first-order valence-corrected chi connectivity index (χ1v) is 5.99. The van der Waals surface area contributed by atoms with Crippen LogP contribution in [0.2, 0.25) is 0 Å². The Balaban J connectivity index is 2.16. The third-order valence-corrected chi connectivity index (χ3v) is 3.16. The molecule has 1 N–H and O–H groups in total. The molecule has 90 valence electrons. The van der Waals surface area contributed by atoms with Gasteiger partial charge < -0.3 is 10.0 Å². The molecule has 1 fully saturated rings. The number of carboxylic acids is 1. The van der Waals surface area contributed by atoms with Crippen molar-refractivity contribution in [3.8, 4) is 0 Å². The summed E-state index contributed by atoms with van der Waals surface area (Å²) in [6.07, 6.45) is 3.97. The molecule has 1 atom stereocenters. The normalized spacial score (nSPS) is 19.7. The summed E-state index contributed by atoms with van der Waals surface area (Å²) in [6, 6.07) is 1.12. The van der Waals surface area contributed by atoms with Crippen molar-refractivity contribution in [2.45, 2.75) is 25.4 Å². The number of hydrogen-bond donors (Lipinski definition) is 1. The average Bonchev–Trinajstić information content (AvgIpc) is 2.61. The van der Waals surface area contributed by atoms with Crippen LogP contribution >= 0.6 is 15.9 Å². The fraction of sp³-hybridized carbons (Fsp3) is 0.364. The second-order valence-corrected chi connectivity index (χ2v) is 4.84. The van der Waals surface area contributed by atoms with Gasteiger partial charge in [-0.3, -0.25) is 9.78 Å². The fourth-order valence-electron chi connectivity index (χ4n) is 1.93. The minimum Gasteiger partial charge on any atom is -0.480 e. The molecule has 1 aliphatic heterocycles. The van der Waals surface area contributed by atoms with Crippen LogP contribution in [0.1, 0.15) is 18.4 Å². The van der Waals surface area contributed by atoms with Gasteiger partial charge in [-0.25, -0.2) is 4.79 Å². The molecule has 0 aliphatic carbocycles. The second kappa shape index (κ2) is 4.83. The standard InChI is InChI=1S/C11H11BrN2O3/c12-8-3-7(4-13-5-8)6-14-9(11(16)17)1-2-10(14)15/h3-5,9H,1-2,6H2,(H,16,17). The lowest BCUT2D eigenvalue weighted by atomic mass is 10.2. The fourth-order valence-corrected chi connectivity index (χ4v) is 2.34. The van der Waals surface area contributed by atoms with E-state index < -0.39 is 12.0 Å². The van der Waals surface area contributed by atoms with Gasteiger partial charge in [-0.1, -0.05) is 0 Å². The van der Waals surface area contributed by atoms with E-state index in [2.05, 4.69) is 20.9 Å². The lowest BCUT2D eigenvalue weighted by Crippen LogP contribution is -2.37. The van der Waals surface area contributed by atoms with Gasteiger partial charge in [0.2, 0.25) is 5.91 Å². The van der Waals surface area contributed by atoms with Gasteiger partial charge in [0, 0.05) is 29.8 Å². The number of carbonyl (C=O) groups is 2. The molecular weight excluding hydrogens is 288 g/mol. The van der Waals surface area contributed by atoms with Crippen molar-refractivity contribution in [2.75, 3.05) is 0 Å². The summed E-state index contributed by atoms with van der Waals surface area (Å²) in [7, 11) is 0. The van der Waals surface area contributed by atoms with Crippen LogP contribution in [0.25, 0.3) is 0 Å². The van der Waals surface area contributed by atoms with Crippen molar-refractivity contribution in [1.82, 2.24) is 9.88 Å². The number of amides is 1. The smallest absolute Gasteiger partial charge is 0.326 e. The highest BCUT2D eigenvalue weighted by Gasteiger charge is 2.35. The summed E-state index contributed by atoms with van der Waals surface area (Å²) in [4.78, 5) is 28.0. The molecule has 0 saturated carbocycles. The van der Waals surface area contributed by atoms with E-state index in [1.54, 1.807) is 12.4 Å². The molecule has 1 aromatic heterocycles. The minimum absolute atomic E-state index is 0.114. The molecule has 2 heterocycles. The lowest BCUT2D eigenvalue weighted by Gasteiger charge is -2.21. The molecule has 2 rings (SSSR count). The van der Waals surface area contributed by atoms with Crippen molar-refractivity contribution in [2.24, 2.45) is 0 Å². The summed E-state index contributed by atoms with van der Waals surface area (Å²) >= 11 is 3.29. The van der Waals surface area contributed by atoms with Crippen molar-refractivity contribution >= 4 is 27.8 Å². The Kier molecular flexibility index (Phi) is 3.42. The summed E-state index contributed by atoms with van der Waals surface area (Å²) in [5, 5.41) is 9.02. The third-order valence-electron chi connectivity index (χ3n) is 2.73. The van der Waals surface area contributed by atoms with Crippen molar-refractivity contribution < 1.29 is 14.7 Å². The zero-order chi connectivity index (χ0) is 12.4. The maximum atomic E-state index is 11.6. The highest BCUT2D eigenvalue weighted by molar-refractivity contribution is 9.10. The van der Waals surface area contributed by atoms with Gasteiger partial charge in [0.05, 0.1) is 0 Å². The highest BCUT2D eigenvalue weighted by atomic mass is 79.9. The number of pyridine rings is 1. The topological polar surface area (TPSA) is 70.5 Å². The lowest BCUT2D eigenvalue weighted by molar-refractivity contribution is -0.146. The summed E-state index contributed by atoms with van der Waals surface area (Å²) in [5.74, 6) is -1.06. The molecular formula is C11H11BrN2O3. The van der Waals surface area contributed by atoms with Crippen LogP contribution < -0.4 is 0 Å². The van der Waals surface area contributed by atoms with Crippen LogP contribution in [0, 0.1) is 0 Å². The molecule has 1 aromatic rings. The van der Waals surface area contributed by atoms with E-state index in [9.17, 15) is 9.59 Å². The largest absolute Gasteiger partial charge is 0.480 e. The van der Waals surface area contributed by atoms with Gasteiger partial charge in [0.1, 0.15) is 6.04 Å². The molecule has 6 heteroatoms. The first-order valence-electron chi connectivity index (χ1n) is 5.19. The molecule has 5 nitrogen and oxygen atoms in total. The van der Waals surface area contributed by atoms with Crippen molar-refractivity contribution in [1.29, 1.82) is 0 Å². The van der Waals surface area contributed by atoms with Crippen LogP contribution in [0.15, 0.2) is 22.9 Å². The summed E-state index contributed by atoms with van der Waals surface area (Å²) in [6.45, 7) is 0.294. The predicted molar refractivity (Wildman–Crippen MR) is 63.1 cm³/mol. The van der Waals surface area contributed by atoms with E-state index in [1.165, 1.54) is 4.90 Å². The number of likely N-dealkylation sites (tertiary alicyclic amines) is 1. The average molecular weight is 299 g/mol. The molecule has 0 bridgehead atoms. The number of rotatable bonds is 3. The Morgan fingerprint density at radius 2 is 2.35 bits per heavy atom. The predicted octanol–water partition coefficient (Wildman–Crippen LogP) is 1.42. The van der Waals surface area contributed by atoms with Crippen LogP contribution in [-0.4, -0.2) is 32.9 Å². The number of carbonyl (C=O) groups excluding carboxylic acids is 1. The SMILES string of the molecule is O=C(O)C1CCC(=O)N1Cc1cncc(Br)c1. The number of carboxylic acid groups (broad SMARTS) is 1. The van der Waals surface area contributed by atoms with Gasteiger partial charge in [-0.15, -0.1) is 0 Å². The number of aromatic nitrogens is 1. The molecule has 17 heavy (non-hydrogen) atoms. The van der Waals surface area contributed by atoms with Gasteiger partial charge in [0.15, 0.2) is 0 Å². The first kappa shape index (κ1) is 12.0. The first-order chi connectivity index (χ1) is 8.08. The number of nitrogens with zero attached hydrogens (tertiary/aromatic N) is 2. The highest BCUT2D eigenvalue weighted by Crippen LogP contribution is 2.22. The van der Waals surface area contributed by atoms with Gasteiger partial charge in [-0.05, 0) is 34.0 Å². The Hall–Kier alpha value is -1.43. The van der Waals surface area contributed by atoms with Gasteiger partial charge in [-0.2, -0.15) is 0 Å². The van der Waals surface area contributed by atoms with E-state index in [0.717, 1.165) is 10.0 Å². The molecule has 0 spiro atoms. The second-order valence-electron chi connectivity index (χ2n) is 3.93. The van der Waals surface area contributed by atoms with Crippen LogP contribution in [0.3, 0.4) is 0 Å². The van der Waals surface area contributed by atoms with E-state index in [-0.39, 0.29) is 5.91 Å². The molecule has 0 aromatic carbocycles. The molecule has 1 unspecified atom stereocenters. The maximum absolute atomic E-state index is 11.6. The van der Waals surface area contributed by atoms with Crippen molar-refractivity contribution in [3.63, 3.8) is 0 Å². The Morgan fingerprint density at radius 3 is 3.00 bits per heavy atom. The minimum atomic E-state index is -0.946. The zero-order valence-electron chi connectivity index (χ0n) is 8.97. The maximum Gasteiger partial charge on any atom is 0.326 e. The number of hydrogen-bond acceptors (Lipinski definition) is 3. The third kappa shape index (κ3) is 2.63. The summed E-state index contributed by atoms with van der Waals surface area (Å²) in [5.41, 5.74) is 0.820. The molecule has 0 radical (unpaired) electrons. The van der Waals surface area contributed by atoms with Crippen molar-refractivity contribution in [3.05, 3.63) is 28.5 Å². The van der Waals surface area contributed by atoms with Crippen LogP contribution in [0.5, 0.6) is 0 Å². The molecule has 1 saturated heterocycles. The van der Waals surface area contributed by atoms with Crippen LogP contribution in [-0.2, 0) is 16.1 Å². The molecule has 1 aliphatic rings. The Labute approximate surface area is 107 Å².